The topological polar surface area (TPSA) is 72.3 Å². The number of allylic oxidation sites excluding steroid dienone is 7. The maximum atomic E-state index is 14.1. The number of nitrogens with zero attached hydrogens (tertiary/aromatic N) is 1. The molecule has 0 bridgehead atoms. The van der Waals surface area contributed by atoms with E-state index in [1.807, 2.05) is 69.5 Å². The number of ketones is 1. The molecule has 0 spiro atoms. The van der Waals surface area contributed by atoms with Gasteiger partial charge in [-0.05, 0) is 42.6 Å². The number of rotatable bonds is 9. The second-order valence-electron chi connectivity index (χ2n) is 7.06. The highest BCUT2D eigenvalue weighted by molar-refractivity contribution is 5.91. The molecule has 1 atom stereocenters. The SMILES string of the molecule is CC.CC.CC.CCCC(C)C(/C=C(\N)C1=C(F)CCC=C1F)=C(/N)CC(=O)/C=C/N(C)C. The van der Waals surface area contributed by atoms with E-state index in [2.05, 4.69) is 0 Å². The Morgan fingerprint density at radius 3 is 2.12 bits per heavy atom. The van der Waals surface area contributed by atoms with Crippen molar-refractivity contribution in [2.45, 2.75) is 87.5 Å². The summed E-state index contributed by atoms with van der Waals surface area (Å²) in [5.74, 6) is -1.35. The number of hydrogen-bond donors (Lipinski definition) is 2. The van der Waals surface area contributed by atoms with Crippen molar-refractivity contribution < 1.29 is 13.6 Å². The highest BCUT2D eigenvalue weighted by Crippen LogP contribution is 2.32. The lowest BCUT2D eigenvalue weighted by molar-refractivity contribution is -0.114. The van der Waals surface area contributed by atoms with Crippen molar-refractivity contribution in [2.24, 2.45) is 17.4 Å². The third-order valence-corrected chi connectivity index (χ3v) is 4.34. The first kappa shape index (κ1) is 35.2. The summed E-state index contributed by atoms with van der Waals surface area (Å²) in [6.45, 7) is 16.0. The molecule has 0 aliphatic heterocycles. The van der Waals surface area contributed by atoms with Crippen LogP contribution in [0.4, 0.5) is 8.78 Å². The zero-order valence-corrected chi connectivity index (χ0v) is 22.7. The molecular weight excluding hydrogens is 420 g/mol. The smallest absolute Gasteiger partial charge is 0.162 e. The first-order valence-corrected chi connectivity index (χ1v) is 12.3. The highest BCUT2D eigenvalue weighted by Gasteiger charge is 2.20. The standard InChI is InChI=1S/C21H31F2N3O.3C2H6/c1-5-7-14(2)16(19(24)12-15(27)10-11-26(3)4)13-20(25)21-17(22)8-6-9-18(21)23;3*1-2/h8,10-11,13-14H,5-7,9,12,24-25H2,1-4H3;3*1-2H3/b11-10+,19-16+,20-13-;;;. The molecule has 1 rings (SSSR count). The van der Waals surface area contributed by atoms with E-state index in [1.54, 1.807) is 11.1 Å². The molecule has 0 saturated heterocycles. The van der Waals surface area contributed by atoms with Crippen molar-refractivity contribution in [1.29, 1.82) is 0 Å². The Hall–Kier alpha value is -2.37. The van der Waals surface area contributed by atoms with Crippen LogP contribution in [-0.2, 0) is 4.79 Å². The molecule has 0 aromatic carbocycles. The maximum Gasteiger partial charge on any atom is 0.162 e. The molecule has 6 heteroatoms. The summed E-state index contributed by atoms with van der Waals surface area (Å²) in [6.07, 6.45) is 8.15. The fourth-order valence-electron chi connectivity index (χ4n) is 2.94. The van der Waals surface area contributed by atoms with Gasteiger partial charge in [-0.15, -0.1) is 0 Å². The third kappa shape index (κ3) is 14.4. The predicted molar refractivity (Wildman–Crippen MR) is 141 cm³/mol. The lowest BCUT2D eigenvalue weighted by Crippen LogP contribution is -2.14. The Labute approximate surface area is 202 Å². The lowest BCUT2D eigenvalue weighted by Gasteiger charge is -2.18. The van der Waals surface area contributed by atoms with E-state index in [4.69, 9.17) is 11.5 Å². The second-order valence-corrected chi connectivity index (χ2v) is 7.06. The molecule has 1 unspecified atom stereocenters. The van der Waals surface area contributed by atoms with Crippen LogP contribution in [0.2, 0.25) is 0 Å². The zero-order valence-electron chi connectivity index (χ0n) is 22.7. The van der Waals surface area contributed by atoms with Crippen LogP contribution in [0, 0.1) is 5.92 Å². The van der Waals surface area contributed by atoms with Crippen molar-refractivity contribution in [3.8, 4) is 0 Å². The fourth-order valence-corrected chi connectivity index (χ4v) is 2.94. The van der Waals surface area contributed by atoms with Crippen molar-refractivity contribution in [3.63, 3.8) is 0 Å². The summed E-state index contributed by atoms with van der Waals surface area (Å²) in [6, 6.07) is 0. The van der Waals surface area contributed by atoms with Gasteiger partial charge in [0, 0.05) is 38.1 Å². The van der Waals surface area contributed by atoms with Crippen LogP contribution in [0.15, 0.2) is 58.6 Å². The van der Waals surface area contributed by atoms with Gasteiger partial charge in [-0.3, -0.25) is 4.79 Å². The summed E-state index contributed by atoms with van der Waals surface area (Å²) < 4.78 is 28.2. The van der Waals surface area contributed by atoms with E-state index in [1.165, 1.54) is 18.2 Å². The number of carbonyl (C=O) groups excluding carboxylic acids is 1. The average molecular weight is 470 g/mol. The first-order valence-electron chi connectivity index (χ1n) is 12.3. The van der Waals surface area contributed by atoms with Gasteiger partial charge in [-0.25, -0.2) is 8.78 Å². The van der Waals surface area contributed by atoms with Crippen LogP contribution in [0.1, 0.15) is 87.5 Å². The number of hydrogen-bond acceptors (Lipinski definition) is 4. The van der Waals surface area contributed by atoms with Crippen molar-refractivity contribution >= 4 is 5.78 Å². The van der Waals surface area contributed by atoms with Gasteiger partial charge >= 0.3 is 0 Å². The maximum absolute atomic E-state index is 14.1. The Morgan fingerprint density at radius 1 is 1.12 bits per heavy atom. The van der Waals surface area contributed by atoms with Gasteiger partial charge in [0.05, 0.1) is 12.0 Å². The molecule has 0 heterocycles. The number of halogens is 2. The summed E-state index contributed by atoms with van der Waals surface area (Å²) in [5.41, 5.74) is 13.0. The van der Waals surface area contributed by atoms with Crippen LogP contribution in [0.3, 0.4) is 0 Å². The minimum Gasteiger partial charge on any atom is -0.401 e. The molecule has 0 radical (unpaired) electrons. The van der Waals surface area contributed by atoms with E-state index in [0.29, 0.717) is 17.7 Å². The van der Waals surface area contributed by atoms with E-state index < -0.39 is 11.7 Å². The zero-order chi connectivity index (χ0) is 26.6. The van der Waals surface area contributed by atoms with Crippen molar-refractivity contribution in [1.82, 2.24) is 4.90 Å². The number of nitrogens with two attached hydrogens (primary N) is 2. The first-order chi connectivity index (χ1) is 15.7. The Morgan fingerprint density at radius 2 is 1.67 bits per heavy atom. The Kier molecular flexibility index (Phi) is 22.9. The largest absolute Gasteiger partial charge is 0.401 e. The normalized spacial score (nSPS) is 15.0. The molecule has 4 N–H and O–H groups in total. The van der Waals surface area contributed by atoms with Crippen LogP contribution in [-0.4, -0.2) is 24.8 Å². The van der Waals surface area contributed by atoms with Gasteiger partial charge in [0.2, 0.25) is 0 Å². The minimum absolute atomic E-state index is 0.00173. The molecule has 4 nitrogen and oxygen atoms in total. The van der Waals surface area contributed by atoms with E-state index in [0.717, 1.165) is 12.8 Å². The van der Waals surface area contributed by atoms with Crippen LogP contribution >= 0.6 is 0 Å². The van der Waals surface area contributed by atoms with Gasteiger partial charge < -0.3 is 16.4 Å². The lowest BCUT2D eigenvalue weighted by atomic mass is 9.90. The molecule has 0 aromatic heterocycles. The van der Waals surface area contributed by atoms with Gasteiger partial charge in [0.1, 0.15) is 11.7 Å². The highest BCUT2D eigenvalue weighted by atomic mass is 19.1. The molecule has 192 valence electrons. The second kappa shape index (κ2) is 21.5. The number of carbonyl (C=O) groups is 1. The molecule has 0 saturated carbocycles. The van der Waals surface area contributed by atoms with Gasteiger partial charge in [-0.2, -0.15) is 0 Å². The van der Waals surface area contributed by atoms with E-state index in [-0.39, 0.29) is 35.8 Å². The summed E-state index contributed by atoms with van der Waals surface area (Å²) >= 11 is 0. The fraction of sp³-hybridized carbons (Fsp3) is 0.593. The molecule has 1 aliphatic rings. The third-order valence-electron chi connectivity index (χ3n) is 4.34. The molecule has 0 fully saturated rings. The summed E-state index contributed by atoms with van der Waals surface area (Å²) in [5, 5.41) is 0. The molecule has 0 aromatic rings. The Balaban J connectivity index is -0.00000138. The van der Waals surface area contributed by atoms with Crippen LogP contribution in [0.5, 0.6) is 0 Å². The van der Waals surface area contributed by atoms with Crippen molar-refractivity contribution in [2.75, 3.05) is 14.1 Å². The molecular formula is C27H49F2N3O. The van der Waals surface area contributed by atoms with Gasteiger partial charge in [0.15, 0.2) is 5.78 Å². The van der Waals surface area contributed by atoms with E-state index >= 15 is 0 Å². The summed E-state index contributed by atoms with van der Waals surface area (Å²) in [4.78, 5) is 13.9. The predicted octanol–water partition coefficient (Wildman–Crippen LogP) is 7.46. The Bertz CT molecular complexity index is 702. The van der Waals surface area contributed by atoms with E-state index in [9.17, 15) is 13.6 Å². The molecule has 1 aliphatic carbocycles. The molecule has 33 heavy (non-hydrogen) atoms. The summed E-state index contributed by atoms with van der Waals surface area (Å²) in [7, 11) is 3.63. The minimum atomic E-state index is -0.654. The van der Waals surface area contributed by atoms with Gasteiger partial charge in [-0.1, -0.05) is 61.8 Å². The quantitative estimate of drug-likeness (QED) is 0.271. The monoisotopic (exact) mass is 469 g/mol. The van der Waals surface area contributed by atoms with Crippen LogP contribution < -0.4 is 11.5 Å². The molecule has 0 amide bonds. The van der Waals surface area contributed by atoms with Gasteiger partial charge in [0.25, 0.3) is 0 Å². The van der Waals surface area contributed by atoms with Crippen molar-refractivity contribution in [3.05, 3.63) is 58.6 Å². The van der Waals surface area contributed by atoms with Crippen LogP contribution in [0.25, 0.3) is 0 Å². The average Bonchev–Trinajstić information content (AvgIpc) is 2.80.